The molecule has 39 heavy (non-hydrogen) atoms. The second-order valence-electron chi connectivity index (χ2n) is 14.4. The fraction of sp³-hybridized carbons (Fsp3) is 0.912. The third kappa shape index (κ3) is 10.6. The zero-order chi connectivity index (χ0) is 28.3. The molecule has 1 N–H and O–H groups in total. The standard InChI is InChI=1S/C34H62O4Si/c1-6-7-23-39(4,5)33-20-16-31(17-21-33)29-12-10-28(11-13-29)30-14-18-32(19-15-30)37-22-8-9-27(24-35)25-38-34(36)26(2)3/h27-33,35H,2,6-25H2,1,3-5H3. The Hall–Kier alpha value is -0.653. The van der Waals surface area contributed by atoms with Gasteiger partial charge in [0, 0.05) is 24.7 Å². The third-order valence-corrected chi connectivity index (χ3v) is 15.5. The van der Waals surface area contributed by atoms with Gasteiger partial charge in [-0.05, 0) is 100 Å². The van der Waals surface area contributed by atoms with E-state index >= 15 is 0 Å². The summed E-state index contributed by atoms with van der Waals surface area (Å²) in [4.78, 5) is 11.6. The summed E-state index contributed by atoms with van der Waals surface area (Å²) in [6.45, 7) is 14.0. The van der Waals surface area contributed by atoms with Crippen LogP contribution in [0.3, 0.4) is 0 Å². The van der Waals surface area contributed by atoms with Crippen LogP contribution >= 0.6 is 0 Å². The molecule has 1 atom stereocenters. The highest BCUT2D eigenvalue weighted by atomic mass is 28.3. The molecule has 3 fully saturated rings. The minimum atomic E-state index is -1.01. The highest BCUT2D eigenvalue weighted by Gasteiger charge is 2.38. The number of aliphatic hydroxyl groups excluding tert-OH is 1. The molecule has 0 aromatic rings. The fourth-order valence-electron chi connectivity index (χ4n) is 8.19. The van der Waals surface area contributed by atoms with Crippen LogP contribution in [0, 0.1) is 29.6 Å². The van der Waals surface area contributed by atoms with E-state index in [-0.39, 0.29) is 25.1 Å². The van der Waals surface area contributed by atoms with E-state index in [9.17, 15) is 9.90 Å². The predicted molar refractivity (Wildman–Crippen MR) is 166 cm³/mol. The Morgan fingerprint density at radius 1 is 0.872 bits per heavy atom. The predicted octanol–water partition coefficient (Wildman–Crippen LogP) is 8.95. The van der Waals surface area contributed by atoms with Gasteiger partial charge in [0.05, 0.1) is 20.8 Å². The lowest BCUT2D eigenvalue weighted by Crippen LogP contribution is -2.36. The van der Waals surface area contributed by atoms with E-state index in [1.165, 1.54) is 77.0 Å². The molecule has 5 heteroatoms. The SMILES string of the molecule is C=C(C)C(=O)OCC(CO)CCCOC1CCC(C2CCC(C3CCC([Si](C)(C)CCCC)CC3)CC2)CC1. The minimum absolute atomic E-state index is 0.0164. The van der Waals surface area contributed by atoms with Crippen molar-refractivity contribution in [3.05, 3.63) is 12.2 Å². The van der Waals surface area contributed by atoms with Gasteiger partial charge in [0.2, 0.25) is 0 Å². The van der Waals surface area contributed by atoms with Crippen molar-refractivity contribution in [1.29, 1.82) is 0 Å². The van der Waals surface area contributed by atoms with Crippen molar-refractivity contribution in [2.75, 3.05) is 19.8 Å². The van der Waals surface area contributed by atoms with Gasteiger partial charge in [-0.3, -0.25) is 0 Å². The zero-order valence-corrected chi connectivity index (χ0v) is 27.1. The van der Waals surface area contributed by atoms with Crippen LogP contribution in [0.5, 0.6) is 0 Å². The van der Waals surface area contributed by atoms with Crippen molar-refractivity contribution in [2.24, 2.45) is 29.6 Å². The Kier molecular flexibility index (Phi) is 14.1. The first-order valence-corrected chi connectivity index (χ1v) is 20.1. The van der Waals surface area contributed by atoms with Gasteiger partial charge in [0.25, 0.3) is 0 Å². The van der Waals surface area contributed by atoms with Gasteiger partial charge in [-0.15, -0.1) is 0 Å². The molecule has 3 aliphatic carbocycles. The molecule has 3 saturated carbocycles. The summed E-state index contributed by atoms with van der Waals surface area (Å²) in [6.07, 6.45) is 22.2. The molecule has 3 aliphatic rings. The van der Waals surface area contributed by atoms with Crippen LogP contribution in [0.1, 0.15) is 117 Å². The van der Waals surface area contributed by atoms with E-state index in [1.54, 1.807) is 25.8 Å². The van der Waals surface area contributed by atoms with Crippen molar-refractivity contribution < 1.29 is 19.4 Å². The number of esters is 1. The molecule has 226 valence electrons. The molecule has 1 unspecified atom stereocenters. The van der Waals surface area contributed by atoms with Crippen molar-refractivity contribution in [2.45, 2.75) is 147 Å². The topological polar surface area (TPSA) is 55.8 Å². The molecule has 0 saturated heterocycles. The van der Waals surface area contributed by atoms with Crippen LogP contribution in [0.2, 0.25) is 24.7 Å². The maximum atomic E-state index is 11.6. The van der Waals surface area contributed by atoms with E-state index in [2.05, 4.69) is 26.6 Å². The lowest BCUT2D eigenvalue weighted by Gasteiger charge is -2.43. The monoisotopic (exact) mass is 562 g/mol. The molecule has 0 amide bonds. The van der Waals surface area contributed by atoms with Gasteiger partial charge in [-0.2, -0.15) is 0 Å². The van der Waals surface area contributed by atoms with Gasteiger partial charge in [-0.25, -0.2) is 4.79 Å². The zero-order valence-electron chi connectivity index (χ0n) is 26.1. The third-order valence-electron chi connectivity index (χ3n) is 11.1. The molecular weight excluding hydrogens is 500 g/mol. The number of hydrogen-bond donors (Lipinski definition) is 1. The summed E-state index contributed by atoms with van der Waals surface area (Å²) >= 11 is 0. The Labute approximate surface area is 242 Å². The van der Waals surface area contributed by atoms with Gasteiger partial charge in [-0.1, -0.05) is 71.2 Å². The molecule has 3 rings (SSSR count). The Balaban J connectivity index is 1.26. The maximum absolute atomic E-state index is 11.6. The lowest BCUT2D eigenvalue weighted by atomic mass is 9.66. The summed E-state index contributed by atoms with van der Waals surface area (Å²) in [7, 11) is -1.01. The molecule has 0 aromatic heterocycles. The number of carbonyl (C=O) groups excluding carboxylic acids is 1. The van der Waals surface area contributed by atoms with E-state index in [1.807, 2.05) is 0 Å². The summed E-state index contributed by atoms with van der Waals surface area (Å²) in [5.41, 5.74) is 1.50. The van der Waals surface area contributed by atoms with Crippen LogP contribution < -0.4 is 0 Å². The smallest absolute Gasteiger partial charge is 0.333 e. The molecule has 0 heterocycles. The number of aliphatic hydroxyl groups is 1. The van der Waals surface area contributed by atoms with E-state index < -0.39 is 8.07 Å². The molecule has 0 aromatic carbocycles. The first kappa shape index (κ1) is 32.9. The van der Waals surface area contributed by atoms with Gasteiger partial charge in [0.1, 0.15) is 0 Å². The molecule has 0 bridgehead atoms. The number of hydrogen-bond acceptors (Lipinski definition) is 4. The Bertz CT molecular complexity index is 713. The number of ether oxygens (including phenoxy) is 2. The molecule has 0 spiro atoms. The second-order valence-corrected chi connectivity index (χ2v) is 19.6. The molecule has 0 aliphatic heterocycles. The van der Waals surface area contributed by atoms with Crippen LogP contribution in [0.15, 0.2) is 12.2 Å². The Morgan fingerprint density at radius 2 is 1.38 bits per heavy atom. The van der Waals surface area contributed by atoms with Crippen LogP contribution in [0.4, 0.5) is 0 Å². The normalized spacial score (nSPS) is 31.0. The highest BCUT2D eigenvalue weighted by molar-refractivity contribution is 6.78. The fourth-order valence-corrected chi connectivity index (χ4v) is 11.8. The largest absolute Gasteiger partial charge is 0.462 e. The summed E-state index contributed by atoms with van der Waals surface area (Å²) < 4.78 is 11.4. The van der Waals surface area contributed by atoms with E-state index in [0.717, 1.165) is 48.7 Å². The summed E-state index contributed by atoms with van der Waals surface area (Å²) in [5, 5.41) is 9.58. The first-order chi connectivity index (χ1) is 18.7. The molecule has 0 radical (unpaired) electrons. The van der Waals surface area contributed by atoms with E-state index in [4.69, 9.17) is 9.47 Å². The highest BCUT2D eigenvalue weighted by Crippen LogP contribution is 2.48. The molecule has 4 nitrogen and oxygen atoms in total. The van der Waals surface area contributed by atoms with Gasteiger partial charge < -0.3 is 14.6 Å². The number of carbonyl (C=O) groups is 1. The minimum Gasteiger partial charge on any atom is -0.462 e. The van der Waals surface area contributed by atoms with Crippen LogP contribution in [-0.4, -0.2) is 45.1 Å². The Morgan fingerprint density at radius 3 is 1.87 bits per heavy atom. The lowest BCUT2D eigenvalue weighted by molar-refractivity contribution is -0.140. The van der Waals surface area contributed by atoms with Crippen molar-refractivity contribution in [3.63, 3.8) is 0 Å². The average molecular weight is 563 g/mol. The number of rotatable bonds is 15. The maximum Gasteiger partial charge on any atom is 0.333 e. The average Bonchev–Trinajstić information content (AvgIpc) is 2.96. The van der Waals surface area contributed by atoms with Crippen LogP contribution in [-0.2, 0) is 14.3 Å². The van der Waals surface area contributed by atoms with Crippen molar-refractivity contribution in [1.82, 2.24) is 0 Å². The first-order valence-electron chi connectivity index (χ1n) is 16.8. The van der Waals surface area contributed by atoms with Crippen LogP contribution in [0.25, 0.3) is 0 Å². The van der Waals surface area contributed by atoms with E-state index in [0.29, 0.717) is 11.7 Å². The molecular formula is C34H62O4Si. The quantitative estimate of drug-likeness (QED) is 0.0936. The van der Waals surface area contributed by atoms with Crippen molar-refractivity contribution >= 4 is 14.0 Å². The van der Waals surface area contributed by atoms with Gasteiger partial charge in [0.15, 0.2) is 0 Å². The van der Waals surface area contributed by atoms with Crippen molar-refractivity contribution in [3.8, 4) is 0 Å². The summed E-state index contributed by atoms with van der Waals surface area (Å²) in [5.74, 6) is 3.55. The van der Waals surface area contributed by atoms with Gasteiger partial charge >= 0.3 is 5.97 Å². The summed E-state index contributed by atoms with van der Waals surface area (Å²) in [6, 6.07) is 1.55. The number of unbranched alkanes of at least 4 members (excludes halogenated alkanes) is 1. The second kappa shape index (κ2) is 16.7.